The first-order valence-electron chi connectivity index (χ1n) is 6.78. The van der Waals surface area contributed by atoms with Crippen molar-refractivity contribution in [2.24, 2.45) is 5.92 Å². The number of piperidine rings is 1. The van der Waals surface area contributed by atoms with Gasteiger partial charge in [0.05, 0.1) is 0 Å². The average Bonchev–Trinajstić information content (AvgIpc) is 2.71. The molecule has 0 saturated carbocycles. The predicted molar refractivity (Wildman–Crippen MR) is 77.9 cm³/mol. The van der Waals surface area contributed by atoms with E-state index in [0.717, 1.165) is 36.0 Å². The van der Waals surface area contributed by atoms with E-state index in [-0.39, 0.29) is 0 Å². The first kappa shape index (κ1) is 14.5. The Bertz CT molecular complexity index is 445. The van der Waals surface area contributed by atoms with Crippen molar-refractivity contribution in [1.29, 1.82) is 0 Å². The fourth-order valence-electron chi connectivity index (χ4n) is 2.65. The van der Waals surface area contributed by atoms with E-state index in [1.807, 2.05) is 6.92 Å². The molecule has 5 heteroatoms. The van der Waals surface area contributed by atoms with Gasteiger partial charge in [-0.1, -0.05) is 0 Å². The number of nitrogens with zero attached hydrogens (tertiary/aromatic N) is 1. The standard InChI is InChI=1S/C14H22N2O2S/c1-10-12(6-13(19-10)14(17)18)8-15-7-11-4-3-5-16(2)9-11/h6,11,15H,3-5,7-9H2,1-2H3,(H,17,18). The minimum atomic E-state index is -0.826. The Labute approximate surface area is 118 Å². The molecular weight excluding hydrogens is 260 g/mol. The highest BCUT2D eigenvalue weighted by atomic mass is 32.1. The van der Waals surface area contributed by atoms with E-state index in [0.29, 0.717) is 4.88 Å². The Morgan fingerprint density at radius 1 is 1.63 bits per heavy atom. The van der Waals surface area contributed by atoms with E-state index >= 15 is 0 Å². The molecule has 106 valence electrons. The summed E-state index contributed by atoms with van der Waals surface area (Å²) in [4.78, 5) is 14.8. The molecule has 0 spiro atoms. The molecule has 1 aromatic rings. The lowest BCUT2D eigenvalue weighted by molar-refractivity contribution is 0.0702. The van der Waals surface area contributed by atoms with Crippen molar-refractivity contribution < 1.29 is 9.90 Å². The van der Waals surface area contributed by atoms with Crippen LogP contribution >= 0.6 is 11.3 Å². The minimum Gasteiger partial charge on any atom is -0.477 e. The lowest BCUT2D eigenvalue weighted by Gasteiger charge is -2.29. The maximum Gasteiger partial charge on any atom is 0.345 e. The predicted octanol–water partition coefficient (Wildman–Crippen LogP) is 2.19. The van der Waals surface area contributed by atoms with Crippen LogP contribution in [0, 0.1) is 12.8 Å². The van der Waals surface area contributed by atoms with E-state index < -0.39 is 5.97 Å². The quantitative estimate of drug-likeness (QED) is 0.869. The van der Waals surface area contributed by atoms with Gasteiger partial charge in [-0.15, -0.1) is 11.3 Å². The Balaban J connectivity index is 1.80. The third-order valence-electron chi connectivity index (χ3n) is 3.70. The fraction of sp³-hybridized carbons (Fsp3) is 0.643. The van der Waals surface area contributed by atoms with Crippen molar-refractivity contribution in [2.75, 3.05) is 26.7 Å². The summed E-state index contributed by atoms with van der Waals surface area (Å²) in [5.41, 5.74) is 1.12. The molecule has 2 heterocycles. The molecule has 2 rings (SSSR count). The highest BCUT2D eigenvalue weighted by molar-refractivity contribution is 7.14. The molecule has 1 fully saturated rings. The number of carboxylic acids is 1. The minimum absolute atomic E-state index is 0.437. The fourth-order valence-corrected chi connectivity index (χ4v) is 3.53. The van der Waals surface area contributed by atoms with Crippen molar-refractivity contribution in [3.05, 3.63) is 21.4 Å². The molecule has 1 aliphatic rings. The van der Waals surface area contributed by atoms with Crippen LogP contribution in [0.15, 0.2) is 6.07 Å². The zero-order chi connectivity index (χ0) is 13.8. The zero-order valence-electron chi connectivity index (χ0n) is 11.6. The van der Waals surface area contributed by atoms with Crippen molar-refractivity contribution in [3.63, 3.8) is 0 Å². The normalized spacial score (nSPS) is 20.6. The lowest BCUT2D eigenvalue weighted by atomic mass is 9.98. The molecule has 0 bridgehead atoms. The molecule has 4 nitrogen and oxygen atoms in total. The van der Waals surface area contributed by atoms with E-state index in [2.05, 4.69) is 17.3 Å². The van der Waals surface area contributed by atoms with E-state index in [4.69, 9.17) is 5.11 Å². The van der Waals surface area contributed by atoms with Crippen LogP contribution in [0.25, 0.3) is 0 Å². The highest BCUT2D eigenvalue weighted by Crippen LogP contribution is 2.21. The number of carboxylic acid groups (broad SMARTS) is 1. The van der Waals surface area contributed by atoms with Crippen molar-refractivity contribution in [3.8, 4) is 0 Å². The summed E-state index contributed by atoms with van der Waals surface area (Å²) in [7, 11) is 2.17. The number of likely N-dealkylation sites (tertiary alicyclic amines) is 1. The summed E-state index contributed by atoms with van der Waals surface area (Å²) in [6, 6.07) is 1.79. The molecular formula is C14H22N2O2S. The lowest BCUT2D eigenvalue weighted by Crippen LogP contribution is -2.37. The molecule has 0 aliphatic carbocycles. The van der Waals surface area contributed by atoms with Crippen LogP contribution < -0.4 is 5.32 Å². The van der Waals surface area contributed by atoms with E-state index in [1.165, 1.54) is 30.7 Å². The van der Waals surface area contributed by atoms with Gasteiger partial charge in [0.2, 0.25) is 0 Å². The molecule has 1 unspecified atom stereocenters. The third kappa shape index (κ3) is 4.03. The number of carbonyl (C=O) groups is 1. The summed E-state index contributed by atoms with van der Waals surface area (Å²) in [6.45, 7) is 6.15. The number of thiophene rings is 1. The smallest absolute Gasteiger partial charge is 0.345 e. The number of hydrogen-bond donors (Lipinski definition) is 2. The number of hydrogen-bond acceptors (Lipinski definition) is 4. The molecule has 0 radical (unpaired) electrons. The Morgan fingerprint density at radius 3 is 3.05 bits per heavy atom. The third-order valence-corrected chi connectivity index (χ3v) is 4.78. The van der Waals surface area contributed by atoms with Crippen molar-refractivity contribution in [1.82, 2.24) is 10.2 Å². The summed E-state index contributed by atoms with van der Waals surface area (Å²) < 4.78 is 0. The first-order valence-corrected chi connectivity index (χ1v) is 7.59. The Kier molecular flexibility index (Phi) is 4.96. The van der Waals surface area contributed by atoms with Crippen LogP contribution in [-0.2, 0) is 6.54 Å². The molecule has 2 N–H and O–H groups in total. The molecule has 1 aromatic heterocycles. The van der Waals surface area contributed by atoms with Gasteiger partial charge >= 0.3 is 5.97 Å². The van der Waals surface area contributed by atoms with Crippen molar-refractivity contribution >= 4 is 17.3 Å². The first-order chi connectivity index (χ1) is 9.06. The molecule has 19 heavy (non-hydrogen) atoms. The topological polar surface area (TPSA) is 52.6 Å². The molecule has 1 atom stereocenters. The van der Waals surface area contributed by atoms with Gasteiger partial charge in [0, 0.05) is 18.0 Å². The van der Waals surface area contributed by atoms with Crippen molar-refractivity contribution in [2.45, 2.75) is 26.3 Å². The average molecular weight is 282 g/mol. The molecule has 1 aliphatic heterocycles. The van der Waals surface area contributed by atoms with E-state index in [9.17, 15) is 4.79 Å². The maximum atomic E-state index is 10.9. The number of rotatable bonds is 5. The van der Waals surface area contributed by atoms with Crippen LogP contribution in [0.3, 0.4) is 0 Å². The molecule has 0 aromatic carbocycles. The second kappa shape index (κ2) is 6.50. The SMILES string of the molecule is Cc1sc(C(=O)O)cc1CNCC1CCCN(C)C1. The van der Waals surface area contributed by atoms with Crippen LogP contribution in [0.1, 0.15) is 33.0 Å². The summed E-state index contributed by atoms with van der Waals surface area (Å²) in [5, 5.41) is 12.4. The van der Waals surface area contributed by atoms with Gasteiger partial charge in [-0.25, -0.2) is 4.79 Å². The van der Waals surface area contributed by atoms with Gasteiger partial charge in [-0.05, 0) is 57.5 Å². The van der Waals surface area contributed by atoms with Gasteiger partial charge in [-0.3, -0.25) is 0 Å². The van der Waals surface area contributed by atoms with Gasteiger partial charge in [0.1, 0.15) is 4.88 Å². The Morgan fingerprint density at radius 2 is 2.42 bits per heavy atom. The number of nitrogens with one attached hydrogen (secondary N) is 1. The number of aryl methyl sites for hydroxylation is 1. The second-order valence-corrected chi connectivity index (χ2v) is 6.65. The van der Waals surface area contributed by atoms with Gasteiger partial charge in [0.25, 0.3) is 0 Å². The second-order valence-electron chi connectivity index (χ2n) is 5.40. The van der Waals surface area contributed by atoms with Gasteiger partial charge < -0.3 is 15.3 Å². The maximum absolute atomic E-state index is 10.9. The van der Waals surface area contributed by atoms with Crippen LogP contribution in [0.5, 0.6) is 0 Å². The highest BCUT2D eigenvalue weighted by Gasteiger charge is 2.17. The van der Waals surface area contributed by atoms with Crippen LogP contribution in [0.4, 0.5) is 0 Å². The van der Waals surface area contributed by atoms with Crippen LogP contribution in [-0.4, -0.2) is 42.7 Å². The largest absolute Gasteiger partial charge is 0.477 e. The summed E-state index contributed by atoms with van der Waals surface area (Å²) in [5.74, 6) is -0.107. The monoisotopic (exact) mass is 282 g/mol. The van der Waals surface area contributed by atoms with Gasteiger partial charge in [-0.2, -0.15) is 0 Å². The summed E-state index contributed by atoms with van der Waals surface area (Å²) in [6.07, 6.45) is 2.57. The summed E-state index contributed by atoms with van der Waals surface area (Å²) >= 11 is 1.36. The number of aromatic carboxylic acids is 1. The molecule has 0 amide bonds. The molecule has 1 saturated heterocycles. The van der Waals surface area contributed by atoms with Crippen LogP contribution in [0.2, 0.25) is 0 Å². The van der Waals surface area contributed by atoms with Gasteiger partial charge in [0.15, 0.2) is 0 Å². The Hall–Kier alpha value is -0.910. The zero-order valence-corrected chi connectivity index (χ0v) is 12.4. The van der Waals surface area contributed by atoms with E-state index in [1.54, 1.807) is 6.07 Å².